The highest BCUT2D eigenvalue weighted by molar-refractivity contribution is 6.53. The molecular weight excluding hydrogens is 352 g/mol. The number of carbonyl (C=O) groups is 4. The summed E-state index contributed by atoms with van der Waals surface area (Å²) in [5, 5.41) is 11.8. The molecule has 1 aromatic rings. The number of carbonyl (C=O) groups excluding carboxylic acids is 4. The molecule has 1 aliphatic rings. The Morgan fingerprint density at radius 2 is 1.81 bits per heavy atom. The highest BCUT2D eigenvalue weighted by atomic mass is 16.5. The summed E-state index contributed by atoms with van der Waals surface area (Å²) in [6.07, 6.45) is 0. The normalized spacial score (nSPS) is 16.4. The number of nitrogens with zero attached hydrogens (tertiary/aromatic N) is 3. The Bertz CT molecular complexity index is 827. The summed E-state index contributed by atoms with van der Waals surface area (Å²) in [7, 11) is 1.47. The number of imide groups is 2. The summed E-state index contributed by atoms with van der Waals surface area (Å²) < 4.78 is 5.01. The molecule has 1 aliphatic heterocycles. The van der Waals surface area contributed by atoms with Crippen molar-refractivity contribution in [1.29, 1.82) is 5.26 Å². The maximum atomic E-state index is 12.5. The number of amides is 5. The van der Waals surface area contributed by atoms with Gasteiger partial charge in [-0.1, -0.05) is 13.8 Å². The minimum Gasteiger partial charge on any atom is -0.497 e. The van der Waals surface area contributed by atoms with Crippen LogP contribution in [0.25, 0.3) is 0 Å². The largest absolute Gasteiger partial charge is 0.497 e. The van der Waals surface area contributed by atoms with Crippen molar-refractivity contribution in [3.63, 3.8) is 0 Å². The first-order valence-corrected chi connectivity index (χ1v) is 8.21. The third kappa shape index (κ3) is 3.74. The van der Waals surface area contributed by atoms with Gasteiger partial charge in [0.1, 0.15) is 17.8 Å². The number of nitrogens with one attached hydrogen (secondary N) is 1. The van der Waals surface area contributed by atoms with Gasteiger partial charge in [0.15, 0.2) is 0 Å². The molecule has 1 aromatic carbocycles. The molecule has 0 saturated carbocycles. The van der Waals surface area contributed by atoms with Crippen LogP contribution in [0.2, 0.25) is 0 Å². The Labute approximate surface area is 156 Å². The highest BCUT2D eigenvalue weighted by Crippen LogP contribution is 2.24. The van der Waals surface area contributed by atoms with Crippen molar-refractivity contribution in [2.75, 3.05) is 18.6 Å². The third-order valence-electron chi connectivity index (χ3n) is 4.47. The number of anilines is 1. The molecule has 0 spiro atoms. The van der Waals surface area contributed by atoms with Crippen LogP contribution in [0.1, 0.15) is 20.8 Å². The van der Waals surface area contributed by atoms with E-state index in [2.05, 4.69) is 5.32 Å². The molecule has 9 nitrogen and oxygen atoms in total. The van der Waals surface area contributed by atoms with Crippen molar-refractivity contribution < 1.29 is 23.9 Å². The van der Waals surface area contributed by atoms with E-state index in [-0.39, 0.29) is 11.6 Å². The monoisotopic (exact) mass is 372 g/mol. The summed E-state index contributed by atoms with van der Waals surface area (Å²) in [5.41, 5.74) is -0.978. The van der Waals surface area contributed by atoms with E-state index >= 15 is 0 Å². The van der Waals surface area contributed by atoms with Gasteiger partial charge in [0.05, 0.1) is 18.9 Å². The van der Waals surface area contributed by atoms with Gasteiger partial charge < -0.3 is 10.1 Å². The fourth-order valence-electron chi connectivity index (χ4n) is 2.38. The van der Waals surface area contributed by atoms with E-state index in [1.54, 1.807) is 13.8 Å². The number of ether oxygens (including phenoxy) is 1. The van der Waals surface area contributed by atoms with Crippen LogP contribution >= 0.6 is 0 Å². The second-order valence-corrected chi connectivity index (χ2v) is 6.53. The molecule has 142 valence electrons. The quantitative estimate of drug-likeness (QED) is 0.589. The van der Waals surface area contributed by atoms with Crippen molar-refractivity contribution in [2.45, 2.75) is 26.3 Å². The lowest BCUT2D eigenvalue weighted by atomic mass is 9.90. The molecule has 1 fully saturated rings. The minimum atomic E-state index is -1.16. The van der Waals surface area contributed by atoms with E-state index in [9.17, 15) is 24.4 Å². The van der Waals surface area contributed by atoms with Gasteiger partial charge in [-0.05, 0) is 37.1 Å². The summed E-state index contributed by atoms with van der Waals surface area (Å²) in [4.78, 5) is 50.4. The molecule has 0 unspecified atom stereocenters. The molecular formula is C18H20N4O5. The van der Waals surface area contributed by atoms with E-state index < -0.39 is 35.8 Å². The summed E-state index contributed by atoms with van der Waals surface area (Å²) in [6.45, 7) is 4.40. The van der Waals surface area contributed by atoms with Crippen LogP contribution in [0.5, 0.6) is 5.75 Å². The second kappa shape index (κ2) is 7.45. The SMILES string of the molecule is COc1ccc(N2C(=O)C(=O)N(CC(=O)N[C@](C)(C#N)C(C)C)C2=O)cc1. The Hall–Kier alpha value is -3.41. The van der Waals surface area contributed by atoms with E-state index in [0.717, 1.165) is 0 Å². The van der Waals surface area contributed by atoms with Crippen LogP contribution in [0, 0.1) is 17.2 Å². The average molecular weight is 372 g/mol. The number of hydrogen-bond acceptors (Lipinski definition) is 6. The Kier molecular flexibility index (Phi) is 5.49. The van der Waals surface area contributed by atoms with Gasteiger partial charge in [-0.15, -0.1) is 0 Å². The predicted molar refractivity (Wildman–Crippen MR) is 94.6 cm³/mol. The first-order chi connectivity index (χ1) is 12.6. The second-order valence-electron chi connectivity index (χ2n) is 6.53. The lowest BCUT2D eigenvalue weighted by molar-refractivity contribution is -0.140. The van der Waals surface area contributed by atoms with Gasteiger partial charge in [0.25, 0.3) is 0 Å². The summed E-state index contributed by atoms with van der Waals surface area (Å²) in [5.74, 6) is -2.54. The zero-order chi connectivity index (χ0) is 20.4. The number of nitriles is 1. The van der Waals surface area contributed by atoms with Crippen molar-refractivity contribution >= 4 is 29.4 Å². The molecule has 0 radical (unpaired) electrons. The number of urea groups is 1. The smallest absolute Gasteiger partial charge is 0.339 e. The molecule has 2 rings (SSSR count). The maximum Gasteiger partial charge on any atom is 0.339 e. The highest BCUT2D eigenvalue weighted by Gasteiger charge is 2.46. The molecule has 9 heteroatoms. The zero-order valence-corrected chi connectivity index (χ0v) is 15.5. The van der Waals surface area contributed by atoms with E-state index in [0.29, 0.717) is 15.5 Å². The average Bonchev–Trinajstić information content (AvgIpc) is 2.85. The van der Waals surface area contributed by atoms with Crippen molar-refractivity contribution in [3.05, 3.63) is 24.3 Å². The molecule has 1 saturated heterocycles. The fraction of sp³-hybridized carbons (Fsp3) is 0.389. The zero-order valence-electron chi connectivity index (χ0n) is 15.5. The van der Waals surface area contributed by atoms with Crippen LogP contribution in [-0.4, -0.2) is 47.8 Å². The van der Waals surface area contributed by atoms with Gasteiger partial charge in [-0.3, -0.25) is 14.4 Å². The van der Waals surface area contributed by atoms with Crippen molar-refractivity contribution in [1.82, 2.24) is 10.2 Å². The van der Waals surface area contributed by atoms with Gasteiger partial charge in [0.2, 0.25) is 5.91 Å². The van der Waals surface area contributed by atoms with Crippen molar-refractivity contribution in [2.24, 2.45) is 5.92 Å². The molecule has 0 aromatic heterocycles. The first kappa shape index (κ1) is 19.9. The van der Waals surface area contributed by atoms with E-state index in [4.69, 9.17) is 4.74 Å². The van der Waals surface area contributed by atoms with Crippen LogP contribution in [0.4, 0.5) is 10.5 Å². The maximum absolute atomic E-state index is 12.5. The van der Waals surface area contributed by atoms with E-state index in [1.165, 1.54) is 38.3 Å². The lowest BCUT2D eigenvalue weighted by Gasteiger charge is -2.28. The van der Waals surface area contributed by atoms with Gasteiger partial charge in [-0.25, -0.2) is 14.6 Å². The number of hydrogen-bond donors (Lipinski definition) is 1. The molecule has 0 aliphatic carbocycles. The third-order valence-corrected chi connectivity index (χ3v) is 4.47. The molecule has 1 atom stereocenters. The van der Waals surface area contributed by atoms with Crippen molar-refractivity contribution in [3.8, 4) is 11.8 Å². The Morgan fingerprint density at radius 3 is 2.30 bits per heavy atom. The molecule has 27 heavy (non-hydrogen) atoms. The number of methoxy groups -OCH3 is 1. The Morgan fingerprint density at radius 1 is 1.22 bits per heavy atom. The van der Waals surface area contributed by atoms with Gasteiger partial charge in [-0.2, -0.15) is 5.26 Å². The van der Waals surface area contributed by atoms with Crippen LogP contribution in [0.15, 0.2) is 24.3 Å². The standard InChI is InChI=1S/C18H20N4O5/c1-11(2)18(3,10-19)20-14(23)9-21-15(24)16(25)22(17(21)26)12-5-7-13(27-4)8-6-12/h5-8,11H,9H2,1-4H3,(H,20,23)/t18-/m1/s1. The van der Waals surface area contributed by atoms with Gasteiger partial charge in [0, 0.05) is 0 Å². The fourth-order valence-corrected chi connectivity index (χ4v) is 2.38. The minimum absolute atomic E-state index is 0.186. The lowest BCUT2D eigenvalue weighted by Crippen LogP contribution is -2.52. The van der Waals surface area contributed by atoms with Crippen LogP contribution < -0.4 is 15.0 Å². The van der Waals surface area contributed by atoms with Gasteiger partial charge >= 0.3 is 17.8 Å². The number of rotatable bonds is 6. The molecule has 0 bridgehead atoms. The molecule has 5 amide bonds. The van der Waals surface area contributed by atoms with E-state index in [1.807, 2.05) is 6.07 Å². The predicted octanol–water partition coefficient (Wildman–Crippen LogP) is 1.04. The Balaban J connectivity index is 2.18. The molecule has 1 N–H and O–H groups in total. The first-order valence-electron chi connectivity index (χ1n) is 8.21. The molecule has 1 heterocycles. The van der Waals surface area contributed by atoms with Crippen LogP contribution in [0.3, 0.4) is 0 Å². The topological polar surface area (TPSA) is 120 Å². The summed E-state index contributed by atoms with van der Waals surface area (Å²) >= 11 is 0. The summed E-state index contributed by atoms with van der Waals surface area (Å²) in [6, 6.07) is 7.07. The number of benzene rings is 1. The van der Waals surface area contributed by atoms with Crippen LogP contribution in [-0.2, 0) is 14.4 Å².